The van der Waals surface area contributed by atoms with Gasteiger partial charge in [0.15, 0.2) is 0 Å². The quantitative estimate of drug-likeness (QED) is 0.691. The number of pyridine rings is 2. The molecule has 4 rings (SSSR count). The number of piperidine rings is 1. The number of ether oxygens (including phenoxy) is 1. The Morgan fingerprint density at radius 2 is 2.00 bits per heavy atom. The van der Waals surface area contributed by atoms with Gasteiger partial charge in [-0.15, -0.1) is 0 Å². The van der Waals surface area contributed by atoms with Crippen LogP contribution in [0.5, 0.6) is 0 Å². The van der Waals surface area contributed by atoms with Crippen molar-refractivity contribution in [3.05, 3.63) is 60.6 Å². The van der Waals surface area contributed by atoms with Crippen molar-refractivity contribution in [2.75, 3.05) is 30.9 Å². The van der Waals surface area contributed by atoms with Gasteiger partial charge in [0.25, 0.3) is 0 Å². The van der Waals surface area contributed by atoms with E-state index >= 15 is 0 Å². The molecule has 1 aliphatic carbocycles. The third-order valence-corrected chi connectivity index (χ3v) is 6.42. The topological polar surface area (TPSA) is 50.3 Å². The first-order valence-electron chi connectivity index (χ1n) is 10.5. The molecule has 6 heteroatoms. The van der Waals surface area contributed by atoms with Crippen LogP contribution in [0.4, 0.5) is 5.82 Å². The SMILES string of the molecule is CSNC1CCN(c2ccccn2)C[C@H]1COC1CC=C(c2ccccn2)CC1. The molecule has 0 spiro atoms. The number of hydrogen-bond acceptors (Lipinski definition) is 6. The zero-order valence-electron chi connectivity index (χ0n) is 17.0. The molecule has 2 unspecified atom stereocenters. The van der Waals surface area contributed by atoms with Crippen molar-refractivity contribution in [2.45, 2.75) is 37.8 Å². The highest BCUT2D eigenvalue weighted by Crippen LogP contribution is 2.29. The summed E-state index contributed by atoms with van der Waals surface area (Å²) >= 11 is 1.71. The second kappa shape index (κ2) is 10.2. The largest absolute Gasteiger partial charge is 0.377 e. The molecule has 0 aromatic carbocycles. The summed E-state index contributed by atoms with van der Waals surface area (Å²) in [5, 5.41) is 0. The minimum absolute atomic E-state index is 0.308. The van der Waals surface area contributed by atoms with Crippen LogP contribution < -0.4 is 9.62 Å². The Morgan fingerprint density at radius 1 is 1.14 bits per heavy atom. The number of nitrogens with zero attached hydrogens (tertiary/aromatic N) is 3. The van der Waals surface area contributed by atoms with Crippen LogP contribution in [-0.2, 0) is 4.74 Å². The first kappa shape index (κ1) is 20.4. The number of allylic oxidation sites excluding steroid dienone is 1. The van der Waals surface area contributed by atoms with E-state index in [4.69, 9.17) is 4.74 Å². The summed E-state index contributed by atoms with van der Waals surface area (Å²) < 4.78 is 10.00. The number of anilines is 1. The number of hydrogen-bond donors (Lipinski definition) is 1. The summed E-state index contributed by atoms with van der Waals surface area (Å²) in [7, 11) is 0. The van der Waals surface area contributed by atoms with E-state index in [1.807, 2.05) is 24.5 Å². The van der Waals surface area contributed by atoms with Crippen LogP contribution in [0.25, 0.3) is 5.57 Å². The molecule has 2 aromatic rings. The fourth-order valence-corrected chi connectivity index (χ4v) is 4.88. The van der Waals surface area contributed by atoms with Gasteiger partial charge in [-0.25, -0.2) is 4.98 Å². The molecule has 0 bridgehead atoms. The van der Waals surface area contributed by atoms with E-state index in [0.29, 0.717) is 18.1 Å². The van der Waals surface area contributed by atoms with Crippen molar-refractivity contribution < 1.29 is 4.74 Å². The fourth-order valence-electron chi connectivity index (χ4n) is 4.26. The molecule has 0 radical (unpaired) electrons. The smallest absolute Gasteiger partial charge is 0.128 e. The van der Waals surface area contributed by atoms with E-state index in [9.17, 15) is 0 Å². The van der Waals surface area contributed by atoms with Crippen molar-refractivity contribution >= 4 is 23.3 Å². The van der Waals surface area contributed by atoms with E-state index in [1.165, 1.54) is 5.57 Å². The molecule has 0 amide bonds. The number of aromatic nitrogens is 2. The van der Waals surface area contributed by atoms with Crippen LogP contribution in [-0.4, -0.2) is 48.1 Å². The van der Waals surface area contributed by atoms with Gasteiger partial charge in [-0.05, 0) is 61.8 Å². The van der Waals surface area contributed by atoms with Crippen LogP contribution in [0, 0.1) is 5.92 Å². The Balaban J connectivity index is 1.33. The summed E-state index contributed by atoms with van der Waals surface area (Å²) in [6.45, 7) is 2.81. The first-order chi connectivity index (χ1) is 14.3. The van der Waals surface area contributed by atoms with E-state index in [-0.39, 0.29) is 0 Å². The lowest BCUT2D eigenvalue weighted by Gasteiger charge is -2.39. The van der Waals surface area contributed by atoms with E-state index in [2.05, 4.69) is 56.2 Å². The predicted octanol–water partition coefficient (Wildman–Crippen LogP) is 4.19. The Hall–Kier alpha value is -1.89. The van der Waals surface area contributed by atoms with Gasteiger partial charge in [0.1, 0.15) is 5.82 Å². The second-order valence-corrected chi connectivity index (χ2v) is 8.43. The monoisotopic (exact) mass is 410 g/mol. The molecule has 29 heavy (non-hydrogen) atoms. The molecule has 3 atom stereocenters. The average molecular weight is 411 g/mol. The van der Waals surface area contributed by atoms with E-state index < -0.39 is 0 Å². The Bertz CT molecular complexity index is 786. The summed E-state index contributed by atoms with van der Waals surface area (Å²) in [5.41, 5.74) is 2.46. The Kier molecular flexibility index (Phi) is 7.19. The van der Waals surface area contributed by atoms with Gasteiger partial charge in [0.2, 0.25) is 0 Å². The number of rotatable bonds is 7. The maximum absolute atomic E-state index is 6.41. The minimum atomic E-state index is 0.308. The molecule has 5 nitrogen and oxygen atoms in total. The van der Waals surface area contributed by atoms with Crippen molar-refractivity contribution in [2.24, 2.45) is 5.92 Å². The first-order valence-corrected chi connectivity index (χ1v) is 11.7. The van der Waals surface area contributed by atoms with Gasteiger partial charge in [0.05, 0.1) is 18.4 Å². The van der Waals surface area contributed by atoms with Crippen molar-refractivity contribution in [3.8, 4) is 0 Å². The molecular formula is C23H30N4OS. The normalized spacial score (nSPS) is 24.9. The van der Waals surface area contributed by atoms with Crippen LogP contribution in [0.1, 0.15) is 31.4 Å². The lowest BCUT2D eigenvalue weighted by atomic mass is 9.92. The third kappa shape index (κ3) is 5.38. The van der Waals surface area contributed by atoms with Crippen molar-refractivity contribution in [1.82, 2.24) is 14.7 Å². The van der Waals surface area contributed by atoms with Gasteiger partial charge in [-0.2, -0.15) is 0 Å². The minimum Gasteiger partial charge on any atom is -0.377 e. The molecule has 1 aliphatic heterocycles. The van der Waals surface area contributed by atoms with Crippen LogP contribution in [0.2, 0.25) is 0 Å². The maximum atomic E-state index is 6.41. The van der Waals surface area contributed by atoms with Gasteiger partial charge >= 0.3 is 0 Å². The van der Waals surface area contributed by atoms with Gasteiger partial charge < -0.3 is 9.64 Å². The van der Waals surface area contributed by atoms with Crippen LogP contribution in [0.15, 0.2) is 54.9 Å². The highest BCUT2D eigenvalue weighted by atomic mass is 32.2. The van der Waals surface area contributed by atoms with Crippen molar-refractivity contribution in [1.29, 1.82) is 0 Å². The van der Waals surface area contributed by atoms with Gasteiger partial charge in [-0.3, -0.25) is 9.71 Å². The molecular weight excluding hydrogens is 380 g/mol. The molecule has 1 fully saturated rings. The molecule has 1 N–H and O–H groups in total. The average Bonchev–Trinajstić information content (AvgIpc) is 2.80. The molecule has 3 heterocycles. The lowest BCUT2D eigenvalue weighted by Crippen LogP contribution is -2.50. The van der Waals surface area contributed by atoms with E-state index in [1.54, 1.807) is 11.9 Å². The lowest BCUT2D eigenvalue weighted by molar-refractivity contribution is 0.0166. The zero-order valence-corrected chi connectivity index (χ0v) is 17.9. The molecule has 0 saturated carbocycles. The molecule has 2 aromatic heterocycles. The summed E-state index contributed by atoms with van der Waals surface area (Å²) in [6.07, 6.45) is 12.7. The highest BCUT2D eigenvalue weighted by Gasteiger charge is 2.30. The highest BCUT2D eigenvalue weighted by molar-refractivity contribution is 7.96. The number of nitrogens with one attached hydrogen (secondary N) is 1. The predicted molar refractivity (Wildman–Crippen MR) is 121 cm³/mol. The van der Waals surface area contributed by atoms with Crippen molar-refractivity contribution in [3.63, 3.8) is 0 Å². The van der Waals surface area contributed by atoms with Crippen LogP contribution in [0.3, 0.4) is 0 Å². The maximum Gasteiger partial charge on any atom is 0.128 e. The summed E-state index contributed by atoms with van der Waals surface area (Å²) in [6, 6.07) is 12.7. The zero-order chi connectivity index (χ0) is 19.9. The second-order valence-electron chi connectivity index (χ2n) is 7.79. The van der Waals surface area contributed by atoms with Gasteiger partial charge in [0, 0.05) is 37.4 Å². The van der Waals surface area contributed by atoms with E-state index in [0.717, 1.165) is 56.9 Å². The fraction of sp³-hybridized carbons (Fsp3) is 0.478. The standard InChI is InChI=1S/C23H30N4OS/c1-29-26-22-12-15-27(23-7-3-5-14-25-23)16-19(22)17-28-20-10-8-18(9-11-20)21-6-2-4-13-24-21/h2-8,13-14,19-20,22,26H,9-12,15-17H2,1H3/t19-,20?,22?/m0/s1. The Morgan fingerprint density at radius 3 is 2.69 bits per heavy atom. The summed E-state index contributed by atoms with van der Waals surface area (Å²) in [5.74, 6) is 1.53. The molecule has 2 aliphatic rings. The summed E-state index contributed by atoms with van der Waals surface area (Å²) in [4.78, 5) is 11.4. The van der Waals surface area contributed by atoms with Crippen LogP contribution >= 0.6 is 11.9 Å². The third-order valence-electron chi connectivity index (χ3n) is 5.88. The van der Waals surface area contributed by atoms with Gasteiger partial charge in [-0.1, -0.05) is 30.2 Å². The molecule has 154 valence electrons. The Labute approximate surface area is 178 Å². The molecule has 1 saturated heterocycles.